The number of non-ortho nitro benzene ring substituents is 1. The van der Waals surface area contributed by atoms with Crippen LogP contribution in [0.5, 0.6) is 5.75 Å². The molecule has 3 rings (SSSR count). The van der Waals surface area contributed by atoms with E-state index in [2.05, 4.69) is 4.99 Å². The summed E-state index contributed by atoms with van der Waals surface area (Å²) in [5.41, 5.74) is 0.610. The largest absolute Gasteiger partial charge is 0.484 e. The van der Waals surface area contributed by atoms with E-state index in [0.717, 1.165) is 4.70 Å². The Balaban J connectivity index is 1.88. The number of fused-ring (bicyclic) bond motifs is 1. The highest BCUT2D eigenvalue weighted by molar-refractivity contribution is 7.16. The fourth-order valence-electron chi connectivity index (χ4n) is 2.59. The minimum atomic E-state index is -0.467. The van der Waals surface area contributed by atoms with Gasteiger partial charge in [-0.2, -0.15) is 4.99 Å². The van der Waals surface area contributed by atoms with Gasteiger partial charge in [-0.15, -0.1) is 0 Å². The first-order valence-electron chi connectivity index (χ1n) is 8.79. The summed E-state index contributed by atoms with van der Waals surface area (Å²) in [5, 5.41) is 11.7. The van der Waals surface area contributed by atoms with Crippen molar-refractivity contribution in [1.29, 1.82) is 0 Å². The number of hydrogen-bond acceptors (Lipinski definition) is 6. The molecular formula is C19H18ClN3O5S. The van der Waals surface area contributed by atoms with Crippen LogP contribution in [0.25, 0.3) is 10.2 Å². The number of hydrogen-bond donors (Lipinski definition) is 0. The van der Waals surface area contributed by atoms with Crippen molar-refractivity contribution < 1.29 is 19.2 Å². The SMILES string of the molecule is CCOCCn1c(=NC(=O)COc2ccc(Cl)cc2)sc2ccc([N+](=O)[O-])cc21. The second-order valence-corrected chi connectivity index (χ2v) is 7.34. The topological polar surface area (TPSA) is 96.0 Å². The summed E-state index contributed by atoms with van der Waals surface area (Å²) in [7, 11) is 0. The Bertz CT molecular complexity index is 1090. The van der Waals surface area contributed by atoms with Crippen LogP contribution in [-0.2, 0) is 16.1 Å². The van der Waals surface area contributed by atoms with Crippen LogP contribution < -0.4 is 9.54 Å². The molecule has 10 heteroatoms. The van der Waals surface area contributed by atoms with E-state index in [1.165, 1.54) is 23.5 Å². The minimum absolute atomic E-state index is 0.0237. The molecule has 1 aromatic heterocycles. The van der Waals surface area contributed by atoms with Gasteiger partial charge in [0, 0.05) is 30.3 Å². The van der Waals surface area contributed by atoms with Gasteiger partial charge in [0.2, 0.25) is 0 Å². The van der Waals surface area contributed by atoms with Gasteiger partial charge < -0.3 is 14.0 Å². The van der Waals surface area contributed by atoms with E-state index in [0.29, 0.717) is 40.8 Å². The van der Waals surface area contributed by atoms with E-state index in [1.54, 1.807) is 34.9 Å². The molecule has 2 aromatic carbocycles. The maximum Gasteiger partial charge on any atom is 0.286 e. The van der Waals surface area contributed by atoms with Gasteiger partial charge in [0.05, 0.1) is 21.7 Å². The van der Waals surface area contributed by atoms with Gasteiger partial charge in [-0.1, -0.05) is 22.9 Å². The van der Waals surface area contributed by atoms with Gasteiger partial charge in [0.1, 0.15) is 5.75 Å². The average molecular weight is 436 g/mol. The van der Waals surface area contributed by atoms with Crippen LogP contribution >= 0.6 is 22.9 Å². The van der Waals surface area contributed by atoms with Crippen LogP contribution in [0.3, 0.4) is 0 Å². The van der Waals surface area contributed by atoms with Crippen molar-refractivity contribution in [1.82, 2.24) is 4.57 Å². The molecule has 0 bridgehead atoms. The lowest BCUT2D eigenvalue weighted by Crippen LogP contribution is -2.21. The molecule has 0 aliphatic rings. The number of aromatic nitrogens is 1. The van der Waals surface area contributed by atoms with E-state index >= 15 is 0 Å². The van der Waals surface area contributed by atoms with E-state index in [4.69, 9.17) is 21.1 Å². The number of carbonyl (C=O) groups excluding carboxylic acids is 1. The van der Waals surface area contributed by atoms with Gasteiger partial charge in [-0.05, 0) is 37.3 Å². The number of carbonyl (C=O) groups is 1. The smallest absolute Gasteiger partial charge is 0.286 e. The minimum Gasteiger partial charge on any atom is -0.484 e. The normalized spacial score (nSPS) is 11.7. The number of benzene rings is 2. The zero-order valence-electron chi connectivity index (χ0n) is 15.5. The molecular weight excluding hydrogens is 418 g/mol. The van der Waals surface area contributed by atoms with E-state index < -0.39 is 10.8 Å². The third-order valence-corrected chi connectivity index (χ3v) is 5.25. The number of halogens is 1. The molecule has 0 aliphatic heterocycles. The molecule has 3 aromatic rings. The number of nitro benzene ring substituents is 1. The van der Waals surface area contributed by atoms with E-state index in [1.807, 2.05) is 6.92 Å². The van der Waals surface area contributed by atoms with Crippen LogP contribution in [0, 0.1) is 10.1 Å². The summed E-state index contributed by atoms with van der Waals surface area (Å²) in [4.78, 5) is 27.6. The Hall–Kier alpha value is -2.75. The number of rotatable bonds is 8. The number of ether oxygens (including phenoxy) is 2. The third kappa shape index (κ3) is 5.41. The molecule has 0 aliphatic carbocycles. The molecule has 1 heterocycles. The van der Waals surface area contributed by atoms with E-state index in [-0.39, 0.29) is 12.3 Å². The second kappa shape index (κ2) is 9.64. The monoisotopic (exact) mass is 435 g/mol. The van der Waals surface area contributed by atoms with Gasteiger partial charge in [-0.3, -0.25) is 14.9 Å². The molecule has 0 saturated heterocycles. The molecule has 0 atom stereocenters. The first kappa shape index (κ1) is 21.0. The first-order chi connectivity index (χ1) is 14.0. The van der Waals surface area contributed by atoms with Crippen LogP contribution in [0.15, 0.2) is 47.5 Å². The third-order valence-electron chi connectivity index (χ3n) is 3.94. The van der Waals surface area contributed by atoms with Crippen molar-refractivity contribution in [3.05, 3.63) is 62.4 Å². The highest BCUT2D eigenvalue weighted by atomic mass is 35.5. The fourth-order valence-corrected chi connectivity index (χ4v) is 3.77. The molecule has 0 N–H and O–H groups in total. The fraction of sp³-hybridized carbons (Fsp3) is 0.263. The number of thiazole rings is 1. The Morgan fingerprint density at radius 2 is 2.03 bits per heavy atom. The summed E-state index contributed by atoms with van der Waals surface area (Å²) in [6.45, 7) is 3.00. The summed E-state index contributed by atoms with van der Waals surface area (Å²) in [6, 6.07) is 11.2. The Labute approximate surface area is 175 Å². The molecule has 1 amide bonds. The molecule has 0 fully saturated rings. The molecule has 0 spiro atoms. The van der Waals surface area contributed by atoms with Gasteiger partial charge >= 0.3 is 0 Å². The van der Waals surface area contributed by atoms with Gasteiger partial charge in [-0.25, -0.2) is 0 Å². The van der Waals surface area contributed by atoms with Crippen LogP contribution in [0.4, 0.5) is 5.69 Å². The van der Waals surface area contributed by atoms with Crippen molar-refractivity contribution in [2.75, 3.05) is 19.8 Å². The highest BCUT2D eigenvalue weighted by Crippen LogP contribution is 2.23. The standard InChI is InChI=1S/C19H18ClN3O5S/c1-2-27-10-9-22-16-11-14(23(25)26)5-8-17(16)29-19(22)21-18(24)12-28-15-6-3-13(20)4-7-15/h3-8,11H,2,9-10,12H2,1H3. The zero-order chi connectivity index (χ0) is 20.8. The predicted octanol–water partition coefficient (Wildman–Crippen LogP) is 3.81. The lowest BCUT2D eigenvalue weighted by Gasteiger charge is -2.06. The lowest BCUT2D eigenvalue weighted by atomic mass is 10.3. The summed E-state index contributed by atoms with van der Waals surface area (Å²) in [6.07, 6.45) is 0. The van der Waals surface area contributed by atoms with E-state index in [9.17, 15) is 14.9 Å². The maximum absolute atomic E-state index is 12.3. The molecule has 0 radical (unpaired) electrons. The van der Waals surface area contributed by atoms with Crippen LogP contribution in [0.2, 0.25) is 5.02 Å². The first-order valence-corrected chi connectivity index (χ1v) is 9.99. The number of nitro groups is 1. The van der Waals surface area contributed by atoms with Gasteiger partial charge in [0.25, 0.3) is 11.6 Å². The van der Waals surface area contributed by atoms with Crippen LogP contribution in [0.1, 0.15) is 6.92 Å². The molecule has 8 nitrogen and oxygen atoms in total. The molecule has 0 unspecified atom stereocenters. The Kier molecular flexibility index (Phi) is 6.97. The second-order valence-electron chi connectivity index (χ2n) is 5.89. The maximum atomic E-state index is 12.3. The van der Waals surface area contributed by atoms with Crippen LogP contribution in [-0.4, -0.2) is 35.2 Å². The number of amides is 1. The van der Waals surface area contributed by atoms with Gasteiger partial charge in [0.15, 0.2) is 11.4 Å². The summed E-state index contributed by atoms with van der Waals surface area (Å²) in [5.74, 6) is 0.0419. The predicted molar refractivity (Wildman–Crippen MR) is 110 cm³/mol. The molecule has 29 heavy (non-hydrogen) atoms. The zero-order valence-corrected chi connectivity index (χ0v) is 17.1. The quantitative estimate of drug-likeness (QED) is 0.304. The summed E-state index contributed by atoms with van der Waals surface area (Å²) >= 11 is 7.10. The lowest BCUT2D eigenvalue weighted by molar-refractivity contribution is -0.384. The van der Waals surface area contributed by atoms with Crippen molar-refractivity contribution in [2.24, 2.45) is 4.99 Å². The summed E-state index contributed by atoms with van der Waals surface area (Å²) < 4.78 is 13.4. The molecule has 0 saturated carbocycles. The van der Waals surface area contributed by atoms with Crippen molar-refractivity contribution in [3.63, 3.8) is 0 Å². The Morgan fingerprint density at radius 1 is 1.28 bits per heavy atom. The van der Waals surface area contributed by atoms with Crippen molar-refractivity contribution in [2.45, 2.75) is 13.5 Å². The molecule has 152 valence electrons. The highest BCUT2D eigenvalue weighted by Gasteiger charge is 2.13. The van der Waals surface area contributed by atoms with Crippen molar-refractivity contribution in [3.8, 4) is 5.75 Å². The van der Waals surface area contributed by atoms with Crippen molar-refractivity contribution >= 4 is 44.7 Å². The average Bonchev–Trinajstić information content (AvgIpc) is 3.04. The number of nitrogens with zero attached hydrogens (tertiary/aromatic N) is 3. The Morgan fingerprint density at radius 3 is 2.72 bits per heavy atom.